The molecule has 1 atom stereocenters. The van der Waals surface area contributed by atoms with Crippen LogP contribution in [0.15, 0.2) is 23.0 Å². The molecule has 0 saturated heterocycles. The van der Waals surface area contributed by atoms with Gasteiger partial charge < -0.3 is 14.5 Å². The van der Waals surface area contributed by atoms with Crippen LogP contribution in [-0.2, 0) is 6.54 Å². The second kappa shape index (κ2) is 10.2. The summed E-state index contributed by atoms with van der Waals surface area (Å²) < 4.78 is 13.6. The van der Waals surface area contributed by atoms with Gasteiger partial charge in [-0.2, -0.15) is 0 Å². The minimum absolute atomic E-state index is 0.0483. The Morgan fingerprint density at radius 2 is 1.78 bits per heavy atom. The molecule has 1 aromatic carbocycles. The van der Waals surface area contributed by atoms with Crippen molar-refractivity contribution >= 4 is 10.9 Å². The van der Waals surface area contributed by atoms with Crippen molar-refractivity contribution in [3.8, 4) is 11.5 Å². The third-order valence-corrected chi connectivity index (χ3v) is 8.18. The molecule has 1 N–H and O–H groups in total. The Hall–Kier alpha value is -2.94. The molecule has 2 aromatic heterocycles. The normalized spacial score (nSPS) is 19.5. The van der Waals surface area contributed by atoms with Gasteiger partial charge in [0.05, 0.1) is 17.6 Å². The first kappa shape index (κ1) is 23.5. The minimum atomic E-state index is -0.0483. The number of hydrogen-bond acceptors (Lipinski definition) is 7. The highest BCUT2D eigenvalue weighted by molar-refractivity contribution is 5.83. The van der Waals surface area contributed by atoms with Crippen LogP contribution in [-0.4, -0.2) is 49.3 Å². The number of rotatable bonds is 8. The molecule has 0 amide bonds. The fourth-order valence-electron chi connectivity index (χ4n) is 6.38. The predicted octanol–water partition coefficient (Wildman–Crippen LogP) is 4.69. The number of H-pyrrole nitrogens is 1. The molecular formula is C27H36N6O3. The molecule has 2 aliphatic carbocycles. The van der Waals surface area contributed by atoms with E-state index in [9.17, 15) is 4.79 Å². The van der Waals surface area contributed by atoms with Crippen molar-refractivity contribution in [1.82, 2.24) is 30.1 Å². The van der Waals surface area contributed by atoms with Gasteiger partial charge in [0.15, 0.2) is 17.3 Å². The highest BCUT2D eigenvalue weighted by Gasteiger charge is 2.35. The van der Waals surface area contributed by atoms with Gasteiger partial charge in [-0.3, -0.25) is 9.69 Å². The van der Waals surface area contributed by atoms with Crippen LogP contribution >= 0.6 is 0 Å². The lowest BCUT2D eigenvalue weighted by Crippen LogP contribution is -2.39. The van der Waals surface area contributed by atoms with Crippen LogP contribution < -0.4 is 15.0 Å². The van der Waals surface area contributed by atoms with E-state index in [0.29, 0.717) is 37.6 Å². The molecule has 3 heterocycles. The fraction of sp³-hybridized carbons (Fsp3) is 0.630. The highest BCUT2D eigenvalue weighted by atomic mass is 16.6. The number of fused-ring (bicyclic) bond motifs is 2. The number of aromatic nitrogens is 5. The average molecular weight is 493 g/mol. The van der Waals surface area contributed by atoms with Crippen molar-refractivity contribution in [2.45, 2.75) is 95.8 Å². The first-order valence-electron chi connectivity index (χ1n) is 13.7. The van der Waals surface area contributed by atoms with Gasteiger partial charge in [-0.05, 0) is 54.7 Å². The number of pyridine rings is 1. The third kappa shape index (κ3) is 4.49. The largest absolute Gasteiger partial charge is 0.486 e. The summed E-state index contributed by atoms with van der Waals surface area (Å²) in [6.45, 7) is 3.86. The van der Waals surface area contributed by atoms with E-state index in [-0.39, 0.29) is 11.6 Å². The quantitative estimate of drug-likeness (QED) is 0.487. The second-order valence-electron chi connectivity index (χ2n) is 10.5. The van der Waals surface area contributed by atoms with E-state index in [4.69, 9.17) is 9.47 Å². The van der Waals surface area contributed by atoms with Crippen molar-refractivity contribution in [2.24, 2.45) is 0 Å². The number of ether oxygens (including phenoxy) is 2. The summed E-state index contributed by atoms with van der Waals surface area (Å²) in [5.41, 5.74) is 1.50. The monoisotopic (exact) mass is 492 g/mol. The van der Waals surface area contributed by atoms with Crippen LogP contribution in [0.3, 0.4) is 0 Å². The predicted molar refractivity (Wildman–Crippen MR) is 136 cm³/mol. The number of nitrogens with zero attached hydrogens (tertiary/aromatic N) is 5. The molecule has 36 heavy (non-hydrogen) atoms. The van der Waals surface area contributed by atoms with Crippen LogP contribution in [0.1, 0.15) is 94.6 Å². The van der Waals surface area contributed by atoms with Gasteiger partial charge in [0.2, 0.25) is 0 Å². The zero-order valence-electron chi connectivity index (χ0n) is 21.1. The molecular weight excluding hydrogens is 456 g/mol. The van der Waals surface area contributed by atoms with Crippen LogP contribution in [0.25, 0.3) is 10.9 Å². The Labute approximate surface area is 211 Å². The van der Waals surface area contributed by atoms with Crippen LogP contribution in [0, 0.1) is 0 Å². The standard InChI is InChI=1S/C27H36N6O3/c1-2-7-23(26-29-30-31-33(26)21-10-5-6-11-21)32(20-8-3-4-9-20)17-19-14-18-15-24-25(36-13-12-35-24)16-22(18)28-27(19)34/h14-16,20-21,23H,2-13,17H2,1H3,(H,28,34)/t23-/m0/s1. The molecule has 0 bridgehead atoms. The maximum Gasteiger partial charge on any atom is 0.252 e. The Bertz CT molecular complexity index is 1260. The smallest absolute Gasteiger partial charge is 0.252 e. The second-order valence-corrected chi connectivity index (χ2v) is 10.5. The summed E-state index contributed by atoms with van der Waals surface area (Å²) in [5.74, 6) is 2.39. The molecule has 192 valence electrons. The minimum Gasteiger partial charge on any atom is -0.486 e. The third-order valence-electron chi connectivity index (χ3n) is 8.18. The molecule has 1 aliphatic heterocycles. The summed E-state index contributed by atoms with van der Waals surface area (Å²) in [7, 11) is 0. The zero-order chi connectivity index (χ0) is 24.5. The van der Waals surface area contributed by atoms with E-state index >= 15 is 0 Å². The van der Waals surface area contributed by atoms with Crippen LogP contribution in [0.5, 0.6) is 11.5 Å². The van der Waals surface area contributed by atoms with Crippen molar-refractivity contribution in [3.05, 3.63) is 39.9 Å². The topological polar surface area (TPSA) is 98.2 Å². The van der Waals surface area contributed by atoms with Gasteiger partial charge in [-0.15, -0.1) is 5.10 Å². The first-order chi connectivity index (χ1) is 17.7. The molecule has 9 heteroatoms. The highest BCUT2D eigenvalue weighted by Crippen LogP contribution is 2.38. The molecule has 6 rings (SSSR count). The summed E-state index contributed by atoms with van der Waals surface area (Å²) in [5, 5.41) is 14.1. The summed E-state index contributed by atoms with van der Waals surface area (Å²) in [6, 6.07) is 6.77. The van der Waals surface area contributed by atoms with Gasteiger partial charge >= 0.3 is 0 Å². The number of nitrogens with one attached hydrogen (secondary N) is 1. The Balaban J connectivity index is 1.37. The lowest BCUT2D eigenvalue weighted by molar-refractivity contribution is 0.106. The molecule has 0 spiro atoms. The van der Waals surface area contributed by atoms with Crippen molar-refractivity contribution in [3.63, 3.8) is 0 Å². The van der Waals surface area contributed by atoms with E-state index in [1.165, 1.54) is 25.7 Å². The molecule has 2 saturated carbocycles. The molecule has 0 unspecified atom stereocenters. The number of benzene rings is 1. The van der Waals surface area contributed by atoms with E-state index in [1.807, 2.05) is 18.2 Å². The maximum absolute atomic E-state index is 13.3. The van der Waals surface area contributed by atoms with E-state index in [1.54, 1.807) is 0 Å². The lowest BCUT2D eigenvalue weighted by Gasteiger charge is -2.36. The van der Waals surface area contributed by atoms with Crippen LogP contribution in [0.2, 0.25) is 0 Å². The number of tetrazole rings is 1. The van der Waals surface area contributed by atoms with Crippen molar-refractivity contribution in [2.75, 3.05) is 13.2 Å². The number of hydrogen-bond donors (Lipinski definition) is 1. The van der Waals surface area contributed by atoms with Crippen molar-refractivity contribution in [1.29, 1.82) is 0 Å². The van der Waals surface area contributed by atoms with Gasteiger partial charge in [-0.1, -0.05) is 39.0 Å². The van der Waals surface area contributed by atoms with Gasteiger partial charge in [0, 0.05) is 29.6 Å². The summed E-state index contributed by atoms with van der Waals surface area (Å²) in [6.07, 6.45) is 11.5. The molecule has 9 nitrogen and oxygen atoms in total. The van der Waals surface area contributed by atoms with E-state index < -0.39 is 0 Å². The Morgan fingerprint density at radius 1 is 1.06 bits per heavy atom. The fourth-order valence-corrected chi connectivity index (χ4v) is 6.38. The average Bonchev–Trinajstić information content (AvgIpc) is 3.68. The maximum atomic E-state index is 13.3. The number of aromatic amines is 1. The molecule has 3 aromatic rings. The molecule has 2 fully saturated rings. The van der Waals surface area contributed by atoms with Gasteiger partial charge in [0.25, 0.3) is 5.56 Å². The molecule has 3 aliphatic rings. The summed E-state index contributed by atoms with van der Waals surface area (Å²) >= 11 is 0. The Morgan fingerprint density at radius 3 is 2.53 bits per heavy atom. The molecule has 0 radical (unpaired) electrons. The first-order valence-corrected chi connectivity index (χ1v) is 13.7. The summed E-state index contributed by atoms with van der Waals surface area (Å²) in [4.78, 5) is 18.9. The lowest BCUT2D eigenvalue weighted by atomic mass is 10.0. The SMILES string of the molecule is CCC[C@@H](c1nnnn1C1CCCC1)N(Cc1cc2cc3c(cc2[nH]c1=O)OCCO3)C1CCCC1. The van der Waals surface area contributed by atoms with Crippen molar-refractivity contribution < 1.29 is 9.47 Å². The van der Waals surface area contributed by atoms with E-state index in [0.717, 1.165) is 66.6 Å². The zero-order valence-corrected chi connectivity index (χ0v) is 21.1. The van der Waals surface area contributed by atoms with Gasteiger partial charge in [-0.25, -0.2) is 4.68 Å². The Kier molecular flexibility index (Phi) is 6.65. The van der Waals surface area contributed by atoms with E-state index in [2.05, 4.69) is 37.0 Å². The van der Waals surface area contributed by atoms with Gasteiger partial charge in [0.1, 0.15) is 13.2 Å². The van der Waals surface area contributed by atoms with Crippen LogP contribution in [0.4, 0.5) is 0 Å².